The third-order valence-corrected chi connectivity index (χ3v) is 8.25. The van der Waals surface area contributed by atoms with E-state index in [1.54, 1.807) is 37.4 Å². The molecule has 0 aliphatic carbocycles. The van der Waals surface area contributed by atoms with Crippen LogP contribution in [0.3, 0.4) is 0 Å². The first-order valence-electron chi connectivity index (χ1n) is 11.6. The molecule has 1 atom stereocenters. The fraction of sp³-hybridized carbons (Fsp3) is 0.107. The Hall–Kier alpha value is -4.15. The lowest BCUT2D eigenvalue weighted by Gasteiger charge is -2.19. The quantitative estimate of drug-likeness (QED) is 0.283. The molecule has 0 aliphatic heterocycles. The Labute approximate surface area is 229 Å². The Morgan fingerprint density at radius 3 is 2.33 bits per heavy atom. The van der Waals surface area contributed by atoms with Gasteiger partial charge in [0.2, 0.25) is 6.41 Å². The molecule has 0 fully saturated rings. The average Bonchev–Trinajstić information content (AvgIpc) is 2.94. The lowest BCUT2D eigenvalue weighted by molar-refractivity contribution is -0.107. The molecule has 200 valence electrons. The Kier molecular flexibility index (Phi) is 8.37. The highest BCUT2D eigenvalue weighted by Crippen LogP contribution is 2.36. The van der Waals surface area contributed by atoms with Gasteiger partial charge < -0.3 is 10.2 Å². The van der Waals surface area contributed by atoms with Crippen molar-refractivity contribution in [1.82, 2.24) is 10.3 Å². The van der Waals surface area contributed by atoms with E-state index in [1.807, 2.05) is 0 Å². The van der Waals surface area contributed by atoms with E-state index in [-0.39, 0.29) is 28.6 Å². The van der Waals surface area contributed by atoms with Crippen LogP contribution in [-0.4, -0.2) is 32.8 Å². The number of rotatable bonds is 9. The first kappa shape index (κ1) is 27.9. The van der Waals surface area contributed by atoms with Crippen molar-refractivity contribution < 1.29 is 26.8 Å². The van der Waals surface area contributed by atoms with Crippen molar-refractivity contribution in [1.29, 1.82) is 0 Å². The van der Waals surface area contributed by atoms with Gasteiger partial charge in [0.25, 0.3) is 5.91 Å². The first-order chi connectivity index (χ1) is 18.6. The molecule has 2 amide bonds. The topological polar surface area (TPSA) is 96.4 Å². The van der Waals surface area contributed by atoms with E-state index in [0.29, 0.717) is 28.2 Å². The fourth-order valence-electron chi connectivity index (χ4n) is 3.85. The molecule has 0 spiro atoms. The molecular weight excluding hydrogens is 548 g/mol. The zero-order valence-electron chi connectivity index (χ0n) is 20.5. The van der Waals surface area contributed by atoms with Crippen molar-refractivity contribution in [2.45, 2.75) is 16.7 Å². The number of halogens is 3. The Morgan fingerprint density at radius 1 is 1.03 bits per heavy atom. The molecule has 11 heteroatoms. The van der Waals surface area contributed by atoms with Crippen molar-refractivity contribution in [3.05, 3.63) is 124 Å². The summed E-state index contributed by atoms with van der Waals surface area (Å²) in [5, 5.41) is 1.41. The molecule has 1 N–H and O–H groups in total. The molecule has 0 bridgehead atoms. The second-order valence-electron chi connectivity index (χ2n) is 8.58. The van der Waals surface area contributed by atoms with Gasteiger partial charge in [0.05, 0.1) is 10.6 Å². The molecule has 1 heterocycles. The summed E-state index contributed by atoms with van der Waals surface area (Å²) in [4.78, 5) is 28.9. The van der Waals surface area contributed by atoms with Gasteiger partial charge in [-0.3, -0.25) is 14.6 Å². The summed E-state index contributed by atoms with van der Waals surface area (Å²) in [5.41, 5.74) is 1.13. The van der Waals surface area contributed by atoms with Crippen molar-refractivity contribution in [2.24, 2.45) is 0 Å². The molecule has 7 nitrogen and oxygen atoms in total. The minimum absolute atomic E-state index is 0.0283. The molecule has 0 radical (unpaired) electrons. The van der Waals surface area contributed by atoms with Gasteiger partial charge in [0, 0.05) is 41.6 Å². The number of sulfone groups is 1. The predicted octanol–water partition coefficient (Wildman–Crippen LogP) is 5.10. The average molecular weight is 570 g/mol. The maximum Gasteiger partial charge on any atom is 0.251 e. The van der Waals surface area contributed by atoms with Gasteiger partial charge in [0.15, 0.2) is 9.84 Å². The van der Waals surface area contributed by atoms with E-state index < -0.39 is 26.7 Å². The molecule has 3 aromatic carbocycles. The number of anilines is 1. The van der Waals surface area contributed by atoms with E-state index in [2.05, 4.69) is 10.3 Å². The Bertz CT molecular complexity index is 1600. The number of hydrogen-bond donors (Lipinski definition) is 1. The highest BCUT2D eigenvalue weighted by molar-refractivity contribution is 7.91. The highest BCUT2D eigenvalue weighted by atomic mass is 35.5. The molecule has 4 rings (SSSR count). The van der Waals surface area contributed by atoms with Gasteiger partial charge in [-0.15, -0.1) is 0 Å². The first-order valence-corrected chi connectivity index (χ1v) is 13.5. The van der Waals surface area contributed by atoms with Crippen LogP contribution in [0.25, 0.3) is 0 Å². The molecule has 1 aromatic heterocycles. The standard InChI is InChI=1S/C28H22ClF2N3O4S/c1-34(17-35)22-8-3-19(4-9-22)28(36)33-16-18-2-13-26(32-15-18)27(24-14-21(30)7-12-25(24)31)39(37,38)23-10-5-20(29)6-11-23/h2-15,17,27H,16H2,1H3,(H,33,36). The molecular formula is C28H22ClF2N3O4S. The van der Waals surface area contributed by atoms with Crippen molar-refractivity contribution in [3.63, 3.8) is 0 Å². The number of amides is 2. The lowest BCUT2D eigenvalue weighted by Crippen LogP contribution is -2.23. The van der Waals surface area contributed by atoms with Gasteiger partial charge in [-0.1, -0.05) is 17.7 Å². The lowest BCUT2D eigenvalue weighted by atomic mass is 10.1. The zero-order valence-corrected chi connectivity index (χ0v) is 22.1. The summed E-state index contributed by atoms with van der Waals surface area (Å²) >= 11 is 5.89. The summed E-state index contributed by atoms with van der Waals surface area (Å²) < 4.78 is 56.1. The van der Waals surface area contributed by atoms with Gasteiger partial charge in [-0.05, 0) is 78.4 Å². The van der Waals surface area contributed by atoms with Crippen LogP contribution < -0.4 is 10.2 Å². The third kappa shape index (κ3) is 6.30. The highest BCUT2D eigenvalue weighted by Gasteiger charge is 2.34. The number of benzene rings is 3. The normalized spacial score (nSPS) is 12.0. The summed E-state index contributed by atoms with van der Waals surface area (Å²) in [7, 11) is -2.68. The number of aromatic nitrogens is 1. The number of nitrogens with zero attached hydrogens (tertiary/aromatic N) is 2. The van der Waals surface area contributed by atoms with Crippen LogP contribution in [0.2, 0.25) is 5.02 Å². The number of carbonyl (C=O) groups excluding carboxylic acids is 2. The predicted molar refractivity (Wildman–Crippen MR) is 143 cm³/mol. The van der Waals surface area contributed by atoms with Crippen LogP contribution in [0.15, 0.2) is 90.0 Å². The van der Waals surface area contributed by atoms with Gasteiger partial charge >= 0.3 is 0 Å². The maximum absolute atomic E-state index is 14.8. The van der Waals surface area contributed by atoms with Crippen LogP contribution in [0.5, 0.6) is 0 Å². The molecule has 39 heavy (non-hydrogen) atoms. The fourth-order valence-corrected chi connectivity index (χ4v) is 5.74. The van der Waals surface area contributed by atoms with Crippen molar-refractivity contribution >= 4 is 39.4 Å². The number of nitrogens with one attached hydrogen (secondary N) is 1. The van der Waals surface area contributed by atoms with Crippen LogP contribution in [0.4, 0.5) is 14.5 Å². The van der Waals surface area contributed by atoms with E-state index in [0.717, 1.165) is 18.2 Å². The van der Waals surface area contributed by atoms with Crippen LogP contribution in [0, 0.1) is 11.6 Å². The van der Waals surface area contributed by atoms with Gasteiger partial charge in [-0.25, -0.2) is 17.2 Å². The summed E-state index contributed by atoms with van der Waals surface area (Å²) in [6.45, 7) is 0.0744. The van der Waals surface area contributed by atoms with Gasteiger partial charge in [-0.2, -0.15) is 0 Å². The van der Waals surface area contributed by atoms with Crippen molar-refractivity contribution in [2.75, 3.05) is 11.9 Å². The van der Waals surface area contributed by atoms with E-state index in [4.69, 9.17) is 11.6 Å². The second kappa shape index (κ2) is 11.7. The minimum atomic E-state index is -4.27. The number of pyridine rings is 1. The maximum atomic E-state index is 14.8. The van der Waals surface area contributed by atoms with Crippen LogP contribution in [-0.2, 0) is 21.2 Å². The summed E-state index contributed by atoms with van der Waals surface area (Å²) in [6.07, 6.45) is 2.01. The van der Waals surface area contributed by atoms with Crippen LogP contribution in [0.1, 0.15) is 32.4 Å². The Balaban J connectivity index is 1.59. The molecule has 1 unspecified atom stereocenters. The van der Waals surface area contributed by atoms with E-state index in [1.165, 1.54) is 41.4 Å². The molecule has 0 saturated carbocycles. The molecule has 0 saturated heterocycles. The largest absolute Gasteiger partial charge is 0.348 e. The van der Waals surface area contributed by atoms with E-state index in [9.17, 15) is 26.8 Å². The molecule has 0 aliphatic rings. The van der Waals surface area contributed by atoms with Crippen LogP contribution >= 0.6 is 11.6 Å². The minimum Gasteiger partial charge on any atom is -0.348 e. The summed E-state index contributed by atoms with van der Waals surface area (Å²) in [6, 6.07) is 17.3. The van der Waals surface area contributed by atoms with E-state index >= 15 is 0 Å². The van der Waals surface area contributed by atoms with Crippen molar-refractivity contribution in [3.8, 4) is 0 Å². The third-order valence-electron chi connectivity index (χ3n) is 5.96. The number of carbonyl (C=O) groups is 2. The molecule has 4 aromatic rings. The second-order valence-corrected chi connectivity index (χ2v) is 11.1. The number of hydrogen-bond acceptors (Lipinski definition) is 5. The van der Waals surface area contributed by atoms with Gasteiger partial charge in [0.1, 0.15) is 16.9 Å². The Morgan fingerprint density at radius 2 is 1.72 bits per heavy atom. The SMILES string of the molecule is CN(C=O)c1ccc(C(=O)NCc2ccc(C(c3cc(F)ccc3F)S(=O)(=O)c3ccc(Cl)cc3)nc2)cc1. The zero-order chi connectivity index (χ0) is 28.2. The smallest absolute Gasteiger partial charge is 0.251 e. The summed E-state index contributed by atoms with van der Waals surface area (Å²) in [5.74, 6) is -2.07. The monoisotopic (exact) mass is 569 g/mol.